The molecular formula is C20H20N2O3S. The van der Waals surface area contributed by atoms with Gasteiger partial charge in [0.1, 0.15) is 6.04 Å². The second-order valence-electron chi connectivity index (χ2n) is 6.73. The molecule has 3 heterocycles. The zero-order valence-corrected chi connectivity index (χ0v) is 15.1. The second-order valence-corrected chi connectivity index (χ2v) is 7.68. The first-order valence-corrected chi connectivity index (χ1v) is 9.81. The van der Waals surface area contributed by atoms with Crippen LogP contribution in [0, 0.1) is 0 Å². The Morgan fingerprint density at radius 1 is 1.15 bits per heavy atom. The van der Waals surface area contributed by atoms with Crippen molar-refractivity contribution in [3.63, 3.8) is 0 Å². The Bertz CT molecular complexity index is 839. The van der Waals surface area contributed by atoms with E-state index in [0.717, 1.165) is 32.1 Å². The van der Waals surface area contributed by atoms with Gasteiger partial charge in [-0.25, -0.2) is 0 Å². The third kappa shape index (κ3) is 2.84. The molecule has 134 valence electrons. The van der Waals surface area contributed by atoms with Crippen LogP contribution in [0.15, 0.2) is 53.2 Å². The molecule has 1 unspecified atom stereocenters. The maximum Gasteiger partial charge on any atom is 0.290 e. The van der Waals surface area contributed by atoms with E-state index in [1.807, 2.05) is 17.5 Å². The zero-order valence-electron chi connectivity index (χ0n) is 14.3. The van der Waals surface area contributed by atoms with Gasteiger partial charge in [0.05, 0.1) is 16.1 Å². The second kappa shape index (κ2) is 7.03. The third-order valence-corrected chi connectivity index (χ3v) is 6.04. The molecule has 1 N–H and O–H groups in total. The molecule has 0 spiro atoms. The Hall–Kier alpha value is -2.47. The van der Waals surface area contributed by atoms with Crippen molar-refractivity contribution >= 4 is 23.0 Å². The van der Waals surface area contributed by atoms with Gasteiger partial charge in [-0.1, -0.05) is 31.4 Å². The van der Waals surface area contributed by atoms with E-state index in [2.05, 4.69) is 4.98 Å². The summed E-state index contributed by atoms with van der Waals surface area (Å²) in [4.78, 5) is 32.6. The fourth-order valence-corrected chi connectivity index (χ4v) is 4.64. The summed E-state index contributed by atoms with van der Waals surface area (Å²) in [5.74, 6) is -1.17. The van der Waals surface area contributed by atoms with Crippen LogP contribution in [0.3, 0.4) is 0 Å². The largest absolute Gasteiger partial charge is 0.503 e. The van der Waals surface area contributed by atoms with E-state index in [-0.39, 0.29) is 17.4 Å². The van der Waals surface area contributed by atoms with Crippen LogP contribution in [0.5, 0.6) is 0 Å². The van der Waals surface area contributed by atoms with Crippen molar-refractivity contribution in [1.29, 1.82) is 0 Å². The average molecular weight is 368 g/mol. The van der Waals surface area contributed by atoms with Gasteiger partial charge in [0.15, 0.2) is 5.76 Å². The molecule has 1 aliphatic heterocycles. The lowest BCUT2D eigenvalue weighted by atomic mass is 9.91. The van der Waals surface area contributed by atoms with E-state index in [1.54, 1.807) is 29.3 Å². The fourth-order valence-electron chi connectivity index (χ4n) is 3.96. The Labute approximate surface area is 156 Å². The van der Waals surface area contributed by atoms with Crippen LogP contribution >= 0.6 is 11.3 Å². The van der Waals surface area contributed by atoms with Gasteiger partial charge >= 0.3 is 0 Å². The van der Waals surface area contributed by atoms with Crippen LogP contribution < -0.4 is 0 Å². The first kappa shape index (κ1) is 17.0. The number of carbonyl (C=O) groups is 2. The molecule has 0 saturated heterocycles. The van der Waals surface area contributed by atoms with Crippen molar-refractivity contribution in [2.45, 2.75) is 44.2 Å². The van der Waals surface area contributed by atoms with E-state index in [0.29, 0.717) is 10.6 Å². The summed E-state index contributed by atoms with van der Waals surface area (Å²) < 4.78 is 0. The Balaban J connectivity index is 1.80. The van der Waals surface area contributed by atoms with Gasteiger partial charge in [0.2, 0.25) is 5.78 Å². The highest BCUT2D eigenvalue weighted by molar-refractivity contribution is 7.12. The average Bonchev–Trinajstić information content (AvgIpc) is 3.31. The minimum Gasteiger partial charge on any atom is -0.503 e. The molecular weight excluding hydrogens is 348 g/mol. The lowest BCUT2D eigenvalue weighted by Gasteiger charge is -2.36. The van der Waals surface area contributed by atoms with Crippen LogP contribution in [0.25, 0.3) is 0 Å². The monoisotopic (exact) mass is 368 g/mol. The molecule has 1 saturated carbocycles. The first-order chi connectivity index (χ1) is 12.7. The first-order valence-electron chi connectivity index (χ1n) is 8.93. The Kier molecular flexibility index (Phi) is 4.59. The molecule has 6 heteroatoms. The standard InChI is InChI=1S/C20H20N2O3S/c23-18(15-10-6-12-26-15)16-17(14-9-4-5-11-21-14)22(20(25)19(16)24)13-7-2-1-3-8-13/h4-6,9-13,17,24H,1-3,7-8H2. The van der Waals surface area contributed by atoms with Crippen LogP contribution in [-0.4, -0.2) is 32.7 Å². The maximum absolute atomic E-state index is 13.1. The highest BCUT2D eigenvalue weighted by Crippen LogP contribution is 2.42. The van der Waals surface area contributed by atoms with Crippen LogP contribution in [-0.2, 0) is 4.79 Å². The van der Waals surface area contributed by atoms with E-state index < -0.39 is 17.7 Å². The summed E-state index contributed by atoms with van der Waals surface area (Å²) in [6.07, 6.45) is 6.71. The quantitative estimate of drug-likeness (QED) is 0.827. The number of rotatable bonds is 4. The molecule has 0 bridgehead atoms. The van der Waals surface area contributed by atoms with Crippen LogP contribution in [0.1, 0.15) is 53.5 Å². The number of thiophene rings is 1. The molecule has 4 rings (SSSR count). The van der Waals surface area contributed by atoms with Gasteiger partial charge in [-0.3, -0.25) is 14.6 Å². The highest BCUT2D eigenvalue weighted by atomic mass is 32.1. The summed E-state index contributed by atoms with van der Waals surface area (Å²) in [7, 11) is 0. The number of pyridine rings is 1. The highest BCUT2D eigenvalue weighted by Gasteiger charge is 2.47. The molecule has 1 aliphatic carbocycles. The van der Waals surface area contributed by atoms with Gasteiger partial charge in [-0.05, 0) is 36.4 Å². The summed E-state index contributed by atoms with van der Waals surface area (Å²) in [5.41, 5.74) is 0.775. The smallest absolute Gasteiger partial charge is 0.290 e. The SMILES string of the molecule is O=C(C1=C(O)C(=O)N(C2CCCCC2)C1c1ccccn1)c1cccs1. The number of nitrogens with zero attached hydrogens (tertiary/aromatic N) is 2. The molecule has 0 aromatic carbocycles. The van der Waals surface area contributed by atoms with Gasteiger partial charge in [-0.15, -0.1) is 11.3 Å². The summed E-state index contributed by atoms with van der Waals surface area (Å²) in [6, 6.07) is 8.37. The topological polar surface area (TPSA) is 70.5 Å². The predicted octanol–water partition coefficient (Wildman–Crippen LogP) is 4.05. The molecule has 2 aromatic rings. The lowest BCUT2D eigenvalue weighted by Crippen LogP contribution is -2.41. The number of ketones is 1. The lowest BCUT2D eigenvalue weighted by molar-refractivity contribution is -0.132. The van der Waals surface area contributed by atoms with E-state index in [4.69, 9.17) is 0 Å². The molecule has 0 radical (unpaired) electrons. The Morgan fingerprint density at radius 3 is 2.62 bits per heavy atom. The molecule has 1 atom stereocenters. The van der Waals surface area contributed by atoms with Crippen molar-refractivity contribution in [2.75, 3.05) is 0 Å². The number of aliphatic hydroxyl groups excluding tert-OH is 1. The number of aliphatic hydroxyl groups is 1. The van der Waals surface area contributed by atoms with Gasteiger partial charge in [0.25, 0.3) is 5.91 Å². The van der Waals surface area contributed by atoms with E-state index in [9.17, 15) is 14.7 Å². The number of Topliss-reactive ketones (excluding diaryl/α,β-unsaturated/α-hetero) is 1. The normalized spacial score (nSPS) is 21.5. The number of aromatic nitrogens is 1. The minimum absolute atomic E-state index is 0.0269. The molecule has 26 heavy (non-hydrogen) atoms. The number of carbonyl (C=O) groups excluding carboxylic acids is 2. The maximum atomic E-state index is 13.1. The summed E-state index contributed by atoms with van der Waals surface area (Å²) >= 11 is 1.31. The minimum atomic E-state index is -0.624. The Morgan fingerprint density at radius 2 is 1.96 bits per heavy atom. The van der Waals surface area contributed by atoms with E-state index >= 15 is 0 Å². The predicted molar refractivity (Wildman–Crippen MR) is 99.0 cm³/mol. The third-order valence-electron chi connectivity index (χ3n) is 5.17. The summed E-state index contributed by atoms with van der Waals surface area (Å²) in [5, 5.41) is 12.4. The molecule has 1 fully saturated rings. The van der Waals surface area contributed by atoms with Gasteiger partial charge in [-0.2, -0.15) is 0 Å². The van der Waals surface area contributed by atoms with E-state index in [1.165, 1.54) is 11.3 Å². The molecule has 2 aromatic heterocycles. The number of hydrogen-bond acceptors (Lipinski definition) is 5. The number of amides is 1. The van der Waals surface area contributed by atoms with Gasteiger partial charge < -0.3 is 10.0 Å². The van der Waals surface area contributed by atoms with Crippen molar-refractivity contribution in [3.8, 4) is 0 Å². The number of hydrogen-bond donors (Lipinski definition) is 1. The van der Waals surface area contributed by atoms with Crippen LogP contribution in [0.2, 0.25) is 0 Å². The molecule has 1 amide bonds. The van der Waals surface area contributed by atoms with Crippen molar-refractivity contribution in [3.05, 3.63) is 63.8 Å². The fraction of sp³-hybridized carbons (Fsp3) is 0.350. The van der Waals surface area contributed by atoms with Crippen molar-refractivity contribution in [2.24, 2.45) is 0 Å². The molecule has 2 aliphatic rings. The van der Waals surface area contributed by atoms with Crippen LogP contribution in [0.4, 0.5) is 0 Å². The molecule has 5 nitrogen and oxygen atoms in total. The van der Waals surface area contributed by atoms with Crippen molar-refractivity contribution in [1.82, 2.24) is 9.88 Å². The van der Waals surface area contributed by atoms with Crippen molar-refractivity contribution < 1.29 is 14.7 Å². The summed E-state index contributed by atoms with van der Waals surface area (Å²) in [6.45, 7) is 0. The zero-order chi connectivity index (χ0) is 18.1. The van der Waals surface area contributed by atoms with Gasteiger partial charge in [0, 0.05) is 12.2 Å².